The first kappa shape index (κ1) is 19.1. The number of hydrogen-bond acceptors (Lipinski definition) is 6. The molecule has 0 aromatic carbocycles. The Balaban J connectivity index is -0.000000135. The molecule has 4 nitrogen and oxygen atoms in total. The zero-order valence-corrected chi connectivity index (χ0v) is 14.5. The minimum atomic E-state index is -0.568. The molecule has 0 heterocycles. The van der Waals surface area contributed by atoms with Gasteiger partial charge in [0.25, 0.3) is 0 Å². The summed E-state index contributed by atoms with van der Waals surface area (Å²) in [6.45, 7) is 0. The Morgan fingerprint density at radius 2 is 1.33 bits per heavy atom. The molecule has 0 aromatic rings. The molecule has 0 aliphatic rings. The normalized spacial score (nSPS) is 7.17. The van der Waals surface area contributed by atoms with Crippen molar-refractivity contribution in [2.24, 2.45) is 0 Å². The number of carbonyl (C=O) groups excluding carboxylic acids is 2. The van der Waals surface area contributed by atoms with E-state index in [0.29, 0.717) is 0 Å². The number of rotatable bonds is 3. The van der Waals surface area contributed by atoms with Gasteiger partial charge in [-0.1, -0.05) is 0 Å². The van der Waals surface area contributed by atoms with Gasteiger partial charge in [0.1, 0.15) is 0 Å². The predicted octanol–water partition coefficient (Wildman–Crippen LogP) is -3.52. The molecule has 68 valence electrons. The van der Waals surface area contributed by atoms with E-state index in [2.05, 4.69) is 34.2 Å². The fourth-order valence-corrected chi connectivity index (χ4v) is 0.478. The summed E-state index contributed by atoms with van der Waals surface area (Å²) in [6, 6.07) is 0. The van der Waals surface area contributed by atoms with E-state index in [1.165, 1.54) is 0 Å². The van der Waals surface area contributed by atoms with Crippen LogP contribution in [0.15, 0.2) is 0 Å². The molecule has 0 bridgehead atoms. The van der Waals surface area contributed by atoms with Crippen molar-refractivity contribution in [3.63, 3.8) is 0 Å². The Labute approximate surface area is 123 Å². The van der Waals surface area contributed by atoms with Crippen LogP contribution < -0.4 is 29.6 Å². The van der Waals surface area contributed by atoms with Crippen LogP contribution in [0.4, 0.5) is 0 Å². The third-order valence-electron chi connectivity index (χ3n) is 0.737. The molecule has 0 radical (unpaired) electrons. The molecule has 0 aliphatic heterocycles. The summed E-state index contributed by atoms with van der Waals surface area (Å²) >= 11 is 6.45. The summed E-state index contributed by atoms with van der Waals surface area (Å²) in [5, 5.41) is 0. The minimum absolute atomic E-state index is 0. The molecule has 0 saturated carbocycles. The Morgan fingerprint density at radius 3 is 1.50 bits per heavy atom. The Kier molecular flexibility index (Phi) is 19.8. The molecule has 0 amide bonds. The van der Waals surface area contributed by atoms with E-state index in [1.54, 1.807) is 0 Å². The zero-order chi connectivity index (χ0) is 7.98. The quantitative estimate of drug-likeness (QED) is 0.320. The predicted molar refractivity (Wildman–Crippen MR) is 50.4 cm³/mol. The van der Waals surface area contributed by atoms with Crippen LogP contribution in [-0.4, -0.2) is 36.4 Å². The molecule has 0 spiro atoms. The molecule has 0 N–H and O–H groups in total. The Morgan fingerprint density at radius 1 is 1.08 bits per heavy atom. The number of thiol groups is 2. The standard InChI is InChI=1S/C4H6O4S2.Na.Sb.4H/c5-3(7-9)1-2-4(6)8-10;;;;;;/h9-10H,1-2H2;;;;;;/q;+1;;;;;-1. The van der Waals surface area contributed by atoms with Gasteiger partial charge in [-0.05, 0) is 0 Å². The van der Waals surface area contributed by atoms with E-state index >= 15 is 0 Å². The van der Waals surface area contributed by atoms with Gasteiger partial charge in [0.2, 0.25) is 0 Å². The molecular formula is C4H10NaO4S2Sb. The first-order valence-corrected chi connectivity index (χ1v) is 3.12. The Bertz CT molecular complexity index is 134. The summed E-state index contributed by atoms with van der Waals surface area (Å²) in [5.74, 6) is -1.14. The van der Waals surface area contributed by atoms with E-state index in [9.17, 15) is 9.59 Å². The summed E-state index contributed by atoms with van der Waals surface area (Å²) in [7, 11) is 0. The van der Waals surface area contributed by atoms with Gasteiger partial charge in [0.15, 0.2) is 0 Å². The topological polar surface area (TPSA) is 52.6 Å². The molecular weight excluding hydrogens is 321 g/mol. The second-order valence-corrected chi connectivity index (χ2v) is 1.79. The van der Waals surface area contributed by atoms with E-state index < -0.39 is 11.9 Å². The van der Waals surface area contributed by atoms with Gasteiger partial charge in [-0.15, -0.1) is 0 Å². The van der Waals surface area contributed by atoms with E-state index in [1.807, 2.05) is 0 Å². The van der Waals surface area contributed by atoms with Gasteiger partial charge < -0.3 is 9.79 Å². The maximum atomic E-state index is 10.3. The van der Waals surface area contributed by atoms with Crippen molar-refractivity contribution in [2.45, 2.75) is 12.8 Å². The first-order chi connectivity index (χ1) is 4.70. The summed E-state index contributed by atoms with van der Waals surface area (Å²) in [5.41, 5.74) is 0. The van der Waals surface area contributed by atoms with Crippen molar-refractivity contribution >= 4 is 62.2 Å². The molecule has 8 heteroatoms. The molecule has 0 atom stereocenters. The molecule has 0 aromatic heterocycles. The first-order valence-electron chi connectivity index (χ1n) is 2.39. The molecule has 0 unspecified atom stereocenters. The van der Waals surface area contributed by atoms with Crippen LogP contribution in [0.2, 0.25) is 0 Å². The van der Waals surface area contributed by atoms with Gasteiger partial charge in [-0.2, -0.15) is 0 Å². The summed E-state index contributed by atoms with van der Waals surface area (Å²) in [4.78, 5) is 20.6. The van der Waals surface area contributed by atoms with E-state index in [-0.39, 0.29) is 68.3 Å². The number of hydrogen-bond donors (Lipinski definition) is 2. The van der Waals surface area contributed by atoms with Gasteiger partial charge in [-0.3, -0.25) is 9.59 Å². The fourth-order valence-electron chi connectivity index (χ4n) is 0.295. The van der Waals surface area contributed by atoms with Crippen molar-refractivity contribution in [1.82, 2.24) is 0 Å². The average molecular weight is 331 g/mol. The van der Waals surface area contributed by atoms with Crippen molar-refractivity contribution in [1.29, 1.82) is 0 Å². The van der Waals surface area contributed by atoms with Crippen LogP contribution in [0.3, 0.4) is 0 Å². The van der Waals surface area contributed by atoms with Gasteiger partial charge in [-0.25, -0.2) is 0 Å². The van der Waals surface area contributed by atoms with Crippen molar-refractivity contribution in [3.05, 3.63) is 0 Å². The van der Waals surface area contributed by atoms with E-state index in [0.717, 1.165) is 0 Å². The summed E-state index contributed by atoms with van der Waals surface area (Å²) in [6.07, 6.45) is -0.0776. The van der Waals surface area contributed by atoms with Crippen LogP contribution in [0.25, 0.3) is 0 Å². The third-order valence-corrected chi connectivity index (χ3v) is 1.14. The third kappa shape index (κ3) is 11.5. The molecule has 0 saturated heterocycles. The fraction of sp³-hybridized carbons (Fsp3) is 0.500. The van der Waals surface area contributed by atoms with Gasteiger partial charge >= 0.3 is 65.9 Å². The average Bonchev–Trinajstić information content (AvgIpc) is 1.99. The van der Waals surface area contributed by atoms with Crippen molar-refractivity contribution < 1.29 is 48.9 Å². The van der Waals surface area contributed by atoms with Crippen LogP contribution in [0, 0.1) is 0 Å². The van der Waals surface area contributed by atoms with Crippen LogP contribution in [-0.2, 0) is 18.0 Å². The molecule has 0 rings (SSSR count). The second-order valence-electron chi connectivity index (χ2n) is 1.43. The Hall–Kier alpha value is 1.46. The van der Waals surface area contributed by atoms with Gasteiger partial charge in [0, 0.05) is 25.8 Å². The van der Waals surface area contributed by atoms with Crippen molar-refractivity contribution in [3.8, 4) is 0 Å². The monoisotopic (exact) mass is 330 g/mol. The zero-order valence-electron chi connectivity index (χ0n) is 7.65. The molecule has 0 fully saturated rings. The SMILES string of the molecule is O=C(CCC(=O)OS)OS.[H-].[Na+].[SbH3]. The number of carbonyl (C=O) groups is 2. The van der Waals surface area contributed by atoms with Gasteiger partial charge in [0.05, 0.1) is 12.8 Å². The maximum absolute atomic E-state index is 10.3. The van der Waals surface area contributed by atoms with Crippen LogP contribution in [0.5, 0.6) is 0 Å². The van der Waals surface area contributed by atoms with Crippen molar-refractivity contribution in [2.75, 3.05) is 0 Å². The molecule has 12 heavy (non-hydrogen) atoms. The summed E-state index contributed by atoms with van der Waals surface area (Å²) < 4.78 is 7.94. The second kappa shape index (κ2) is 12.5. The van der Waals surface area contributed by atoms with Crippen LogP contribution in [0.1, 0.15) is 14.3 Å². The van der Waals surface area contributed by atoms with E-state index in [4.69, 9.17) is 0 Å². The molecule has 0 aliphatic carbocycles. The van der Waals surface area contributed by atoms with Crippen LogP contribution >= 0.6 is 25.8 Å².